The molecule has 0 unspecified atom stereocenters. The predicted molar refractivity (Wildman–Crippen MR) is 87.0 cm³/mol. The second kappa shape index (κ2) is 7.23. The number of hydrogen-bond donors (Lipinski definition) is 1. The second-order valence-electron chi connectivity index (χ2n) is 6.30. The summed E-state index contributed by atoms with van der Waals surface area (Å²) in [6.45, 7) is 1.40. The molecular weight excluding hydrogens is 328 g/mol. The summed E-state index contributed by atoms with van der Waals surface area (Å²) in [5.74, 6) is -4.66. The van der Waals surface area contributed by atoms with Gasteiger partial charge >= 0.3 is 11.9 Å². The van der Waals surface area contributed by atoms with Crippen LogP contribution in [0, 0.1) is 11.8 Å². The number of benzene rings is 1. The number of carbonyl (C=O) groups excluding carboxylic acids is 3. The summed E-state index contributed by atoms with van der Waals surface area (Å²) in [5, 5.41) is 10.7. The van der Waals surface area contributed by atoms with Crippen molar-refractivity contribution in [2.75, 3.05) is 21.3 Å². The van der Waals surface area contributed by atoms with Crippen molar-refractivity contribution in [3.8, 4) is 5.75 Å². The Labute approximate surface area is 145 Å². The number of methoxy groups -OCH3 is 3. The van der Waals surface area contributed by atoms with Crippen LogP contribution in [0.15, 0.2) is 24.3 Å². The summed E-state index contributed by atoms with van der Waals surface area (Å²) in [5.41, 5.74) is -1.14. The van der Waals surface area contributed by atoms with Crippen LogP contribution in [0.5, 0.6) is 5.75 Å². The highest BCUT2D eigenvalue weighted by molar-refractivity contribution is 6.02. The van der Waals surface area contributed by atoms with Gasteiger partial charge in [-0.05, 0) is 24.6 Å². The monoisotopic (exact) mass is 350 g/mol. The molecule has 0 saturated heterocycles. The molecule has 1 aliphatic carbocycles. The number of carbonyl (C=O) groups is 3. The molecule has 0 aromatic heterocycles. The third kappa shape index (κ3) is 3.51. The van der Waals surface area contributed by atoms with Crippen LogP contribution in [0.4, 0.5) is 0 Å². The molecule has 25 heavy (non-hydrogen) atoms. The third-order valence-electron chi connectivity index (χ3n) is 4.66. The molecule has 0 amide bonds. The quantitative estimate of drug-likeness (QED) is 0.641. The molecule has 1 aromatic rings. The van der Waals surface area contributed by atoms with E-state index in [1.807, 2.05) is 0 Å². The van der Waals surface area contributed by atoms with Gasteiger partial charge in [0.15, 0.2) is 5.78 Å². The average molecular weight is 350 g/mol. The van der Waals surface area contributed by atoms with Crippen molar-refractivity contribution < 1.29 is 33.7 Å². The van der Waals surface area contributed by atoms with Crippen molar-refractivity contribution in [2.24, 2.45) is 11.8 Å². The molecule has 4 atom stereocenters. The fraction of sp³-hybridized carbons (Fsp3) is 0.500. The summed E-state index contributed by atoms with van der Waals surface area (Å²) in [7, 11) is 3.86. The molecule has 7 nitrogen and oxygen atoms in total. The van der Waals surface area contributed by atoms with E-state index >= 15 is 0 Å². The predicted octanol–water partition coefficient (Wildman–Crippen LogP) is 1.08. The molecule has 0 radical (unpaired) electrons. The second-order valence-corrected chi connectivity index (χ2v) is 6.30. The third-order valence-corrected chi connectivity index (χ3v) is 4.66. The molecule has 1 saturated carbocycles. The van der Waals surface area contributed by atoms with E-state index in [0.717, 1.165) is 0 Å². The highest BCUT2D eigenvalue weighted by Gasteiger charge is 2.56. The van der Waals surface area contributed by atoms with Crippen molar-refractivity contribution in [3.63, 3.8) is 0 Å². The Morgan fingerprint density at radius 3 is 2.36 bits per heavy atom. The van der Waals surface area contributed by atoms with Crippen LogP contribution in [-0.2, 0) is 23.9 Å². The lowest BCUT2D eigenvalue weighted by Gasteiger charge is -2.43. The normalized spacial score (nSPS) is 29.0. The van der Waals surface area contributed by atoms with Gasteiger partial charge in [-0.2, -0.15) is 0 Å². The molecule has 1 N–H and O–H groups in total. The molecule has 7 heteroatoms. The molecule has 136 valence electrons. The van der Waals surface area contributed by atoms with Gasteiger partial charge in [0.2, 0.25) is 0 Å². The minimum absolute atomic E-state index is 0.340. The highest BCUT2D eigenvalue weighted by Crippen LogP contribution is 2.47. The summed E-state index contributed by atoms with van der Waals surface area (Å²) in [6, 6.07) is 6.69. The number of esters is 2. The Morgan fingerprint density at radius 2 is 1.80 bits per heavy atom. The smallest absolute Gasteiger partial charge is 0.316 e. The number of Topliss-reactive ketones (excluding diaryl/α,β-unsaturated/α-hetero) is 1. The molecule has 0 aliphatic heterocycles. The number of ketones is 1. The molecule has 1 aromatic carbocycles. The zero-order valence-corrected chi connectivity index (χ0v) is 14.6. The first-order valence-corrected chi connectivity index (χ1v) is 7.81. The summed E-state index contributed by atoms with van der Waals surface area (Å²) < 4.78 is 14.8. The fourth-order valence-corrected chi connectivity index (χ4v) is 3.52. The molecule has 1 aliphatic rings. The molecule has 0 spiro atoms. The Balaban J connectivity index is 2.66. The van der Waals surface area contributed by atoms with Gasteiger partial charge in [-0.3, -0.25) is 14.4 Å². The van der Waals surface area contributed by atoms with E-state index in [4.69, 9.17) is 14.2 Å². The van der Waals surface area contributed by atoms with Crippen LogP contribution in [0.25, 0.3) is 0 Å². The molecule has 1 fully saturated rings. The molecular formula is C18H22O7. The lowest BCUT2D eigenvalue weighted by Crippen LogP contribution is -2.55. The lowest BCUT2D eigenvalue weighted by molar-refractivity contribution is -0.170. The maximum atomic E-state index is 12.6. The van der Waals surface area contributed by atoms with Crippen molar-refractivity contribution in [1.82, 2.24) is 0 Å². The van der Waals surface area contributed by atoms with Crippen LogP contribution in [0.2, 0.25) is 0 Å². The first kappa shape index (κ1) is 18.9. The maximum Gasteiger partial charge on any atom is 0.316 e. The standard InChI is InChI=1S/C18H22O7/c1-18(22)9-12(19)14(16(20)24-3)13(15(18)17(21)25-4)10-6-5-7-11(8-10)23-2/h5-8,13-15,22H,9H2,1-4H3/t13-,14-,15+,18-/m1/s1. The minimum atomic E-state index is -1.65. The zero-order valence-electron chi connectivity index (χ0n) is 14.6. The Hall–Kier alpha value is -2.41. The zero-order chi connectivity index (χ0) is 18.8. The Kier molecular flexibility index (Phi) is 5.47. The first-order valence-electron chi connectivity index (χ1n) is 7.81. The van der Waals surface area contributed by atoms with Gasteiger partial charge in [0.05, 0.1) is 32.8 Å². The van der Waals surface area contributed by atoms with Crippen molar-refractivity contribution in [1.29, 1.82) is 0 Å². The van der Waals surface area contributed by atoms with Crippen LogP contribution in [0.1, 0.15) is 24.8 Å². The highest BCUT2D eigenvalue weighted by atomic mass is 16.5. The van der Waals surface area contributed by atoms with Crippen molar-refractivity contribution in [2.45, 2.75) is 24.9 Å². The van der Waals surface area contributed by atoms with E-state index in [1.54, 1.807) is 24.3 Å². The van der Waals surface area contributed by atoms with Gasteiger partial charge < -0.3 is 19.3 Å². The number of aliphatic hydroxyl groups is 1. The molecule has 0 heterocycles. The van der Waals surface area contributed by atoms with Gasteiger partial charge in [0.25, 0.3) is 0 Å². The van der Waals surface area contributed by atoms with Crippen LogP contribution < -0.4 is 4.74 Å². The molecule has 2 rings (SSSR count). The first-order chi connectivity index (χ1) is 11.8. The number of hydrogen-bond acceptors (Lipinski definition) is 7. The van der Waals surface area contributed by atoms with Gasteiger partial charge in [0, 0.05) is 12.3 Å². The van der Waals surface area contributed by atoms with Crippen LogP contribution in [0.3, 0.4) is 0 Å². The van der Waals surface area contributed by atoms with E-state index < -0.39 is 41.1 Å². The van der Waals surface area contributed by atoms with E-state index in [9.17, 15) is 19.5 Å². The number of ether oxygens (including phenoxy) is 3. The fourth-order valence-electron chi connectivity index (χ4n) is 3.52. The lowest BCUT2D eigenvalue weighted by atomic mass is 9.61. The summed E-state index contributed by atoms with van der Waals surface area (Å²) >= 11 is 0. The van der Waals surface area contributed by atoms with Crippen LogP contribution >= 0.6 is 0 Å². The average Bonchev–Trinajstić information content (AvgIpc) is 2.59. The van der Waals surface area contributed by atoms with Crippen molar-refractivity contribution in [3.05, 3.63) is 29.8 Å². The van der Waals surface area contributed by atoms with Gasteiger partial charge in [-0.15, -0.1) is 0 Å². The van der Waals surface area contributed by atoms with Gasteiger partial charge in [0.1, 0.15) is 11.7 Å². The summed E-state index contributed by atoms with van der Waals surface area (Å²) in [6.07, 6.45) is -0.340. The number of rotatable bonds is 4. The Morgan fingerprint density at radius 1 is 1.16 bits per heavy atom. The van der Waals surface area contributed by atoms with Crippen LogP contribution in [-0.4, -0.2) is 49.8 Å². The van der Waals surface area contributed by atoms with E-state index in [1.165, 1.54) is 28.3 Å². The van der Waals surface area contributed by atoms with Crippen molar-refractivity contribution >= 4 is 17.7 Å². The van der Waals surface area contributed by atoms with E-state index in [2.05, 4.69) is 0 Å². The van der Waals surface area contributed by atoms with Gasteiger partial charge in [-0.25, -0.2) is 0 Å². The van der Waals surface area contributed by atoms with E-state index in [-0.39, 0.29) is 6.42 Å². The topological polar surface area (TPSA) is 99.1 Å². The largest absolute Gasteiger partial charge is 0.497 e. The summed E-state index contributed by atoms with van der Waals surface area (Å²) in [4.78, 5) is 37.2. The Bertz CT molecular complexity index is 680. The van der Waals surface area contributed by atoms with E-state index in [0.29, 0.717) is 11.3 Å². The van der Waals surface area contributed by atoms with Gasteiger partial charge in [-0.1, -0.05) is 12.1 Å². The maximum absolute atomic E-state index is 12.6. The molecule has 0 bridgehead atoms. The minimum Gasteiger partial charge on any atom is -0.497 e. The SMILES string of the molecule is COC(=O)[C@@H]1C(=O)C[C@@](C)(O)[C@H](C(=O)OC)[C@@H]1c1cccc(OC)c1.